The Balaban J connectivity index is 2.14. The van der Waals surface area contributed by atoms with E-state index in [0.29, 0.717) is 28.2 Å². The summed E-state index contributed by atoms with van der Waals surface area (Å²) < 4.78 is 11.5. The van der Waals surface area contributed by atoms with Crippen molar-refractivity contribution in [2.24, 2.45) is 0 Å². The molecule has 1 aromatic heterocycles. The lowest BCUT2D eigenvalue weighted by molar-refractivity contribution is -0.137. The Morgan fingerprint density at radius 3 is 2.07 bits per heavy atom. The molecule has 0 spiro atoms. The van der Waals surface area contributed by atoms with Gasteiger partial charge in [-0.2, -0.15) is 0 Å². The number of nitrogens with zero attached hydrogens (tertiary/aromatic N) is 3. The van der Waals surface area contributed by atoms with Crippen molar-refractivity contribution in [3.05, 3.63) is 64.8 Å². The van der Waals surface area contributed by atoms with Gasteiger partial charge in [0, 0.05) is 11.4 Å². The maximum atomic E-state index is 12.5. The molecule has 1 aromatic carbocycles. The van der Waals surface area contributed by atoms with Gasteiger partial charge in [-0.25, -0.2) is 14.3 Å². The molecule has 0 saturated heterocycles. The highest BCUT2D eigenvalue weighted by Crippen LogP contribution is 2.38. The highest BCUT2D eigenvalue weighted by Gasteiger charge is 2.39. The van der Waals surface area contributed by atoms with Crippen molar-refractivity contribution >= 4 is 11.9 Å². The van der Waals surface area contributed by atoms with Crippen LogP contribution in [0.3, 0.4) is 0 Å². The van der Waals surface area contributed by atoms with Crippen molar-refractivity contribution in [2.75, 3.05) is 14.2 Å². The minimum Gasteiger partial charge on any atom is -0.466 e. The van der Waals surface area contributed by atoms with E-state index < -0.39 is 17.9 Å². The van der Waals surface area contributed by atoms with Gasteiger partial charge in [0.25, 0.3) is 0 Å². The number of hydrogen-bond acceptors (Lipinski definition) is 7. The van der Waals surface area contributed by atoms with Crippen LogP contribution >= 0.6 is 0 Å². The second-order valence-corrected chi connectivity index (χ2v) is 6.04. The summed E-state index contributed by atoms with van der Waals surface area (Å²) in [6.45, 7) is 3.50. The summed E-state index contributed by atoms with van der Waals surface area (Å²) in [4.78, 5) is 24.9. The van der Waals surface area contributed by atoms with E-state index >= 15 is 0 Å². The highest BCUT2D eigenvalue weighted by molar-refractivity contribution is 5.99. The van der Waals surface area contributed by atoms with Crippen LogP contribution in [-0.2, 0) is 19.1 Å². The normalized spacial score (nSPS) is 14.8. The Labute approximate surface area is 156 Å². The van der Waals surface area contributed by atoms with Crippen molar-refractivity contribution in [3.8, 4) is 5.69 Å². The summed E-state index contributed by atoms with van der Waals surface area (Å²) in [5.74, 6) is -1.84. The number of nitrogens with one attached hydrogen (secondary N) is 1. The SMILES string of the molecule is COC(=O)C1=C(C)NC(C)=C(C(=O)OC)C1c1cn(-c2ccccc2)nn1. The standard InChI is InChI=1S/C19H20N4O4/c1-11-15(18(24)26-3)17(16(12(2)20-11)19(25)27-4)14-10-23(22-21-14)13-8-6-5-7-9-13/h5-10,17,20H,1-4H3. The lowest BCUT2D eigenvalue weighted by Gasteiger charge is -2.28. The Bertz CT molecular complexity index is 906. The Kier molecular flexibility index (Phi) is 5.07. The molecule has 0 fully saturated rings. The fraction of sp³-hybridized carbons (Fsp3) is 0.263. The third kappa shape index (κ3) is 3.33. The monoisotopic (exact) mass is 368 g/mol. The number of benzene rings is 1. The van der Waals surface area contributed by atoms with Crippen molar-refractivity contribution in [1.82, 2.24) is 20.3 Å². The van der Waals surface area contributed by atoms with E-state index in [1.54, 1.807) is 24.7 Å². The number of hydrogen-bond donors (Lipinski definition) is 1. The average Bonchev–Trinajstić information content (AvgIpc) is 3.17. The van der Waals surface area contributed by atoms with Gasteiger partial charge in [-0.15, -0.1) is 5.10 Å². The summed E-state index contributed by atoms with van der Waals surface area (Å²) in [5.41, 5.74) is 3.02. The lowest BCUT2D eigenvalue weighted by atomic mass is 9.83. The number of dihydropyridines is 1. The Morgan fingerprint density at radius 1 is 1.00 bits per heavy atom. The molecular weight excluding hydrogens is 348 g/mol. The fourth-order valence-corrected chi connectivity index (χ4v) is 3.17. The predicted octanol–water partition coefficient (Wildman–Crippen LogP) is 1.85. The van der Waals surface area contributed by atoms with E-state index in [1.165, 1.54) is 14.2 Å². The second kappa shape index (κ2) is 7.45. The van der Waals surface area contributed by atoms with Gasteiger partial charge in [0.05, 0.1) is 48.9 Å². The van der Waals surface area contributed by atoms with Crippen LogP contribution in [-0.4, -0.2) is 41.2 Å². The highest BCUT2D eigenvalue weighted by atomic mass is 16.5. The maximum absolute atomic E-state index is 12.5. The van der Waals surface area contributed by atoms with E-state index in [9.17, 15) is 9.59 Å². The van der Waals surface area contributed by atoms with Gasteiger partial charge in [-0.1, -0.05) is 23.4 Å². The van der Waals surface area contributed by atoms with Gasteiger partial charge in [0.2, 0.25) is 0 Å². The number of rotatable bonds is 4. The van der Waals surface area contributed by atoms with Gasteiger partial charge in [0.15, 0.2) is 0 Å². The smallest absolute Gasteiger partial charge is 0.336 e. The van der Waals surface area contributed by atoms with E-state index in [4.69, 9.17) is 9.47 Å². The molecule has 1 aliphatic rings. The summed E-state index contributed by atoms with van der Waals surface area (Å²) in [6, 6.07) is 9.43. The third-order valence-electron chi connectivity index (χ3n) is 4.40. The molecule has 1 N–H and O–H groups in total. The topological polar surface area (TPSA) is 95.3 Å². The number of para-hydroxylation sites is 1. The minimum absolute atomic E-state index is 0.295. The van der Waals surface area contributed by atoms with E-state index in [-0.39, 0.29) is 0 Å². The molecule has 0 atom stereocenters. The molecule has 27 heavy (non-hydrogen) atoms. The molecule has 0 amide bonds. The fourth-order valence-electron chi connectivity index (χ4n) is 3.17. The lowest BCUT2D eigenvalue weighted by Crippen LogP contribution is -2.32. The molecule has 0 radical (unpaired) electrons. The van der Waals surface area contributed by atoms with Crippen molar-refractivity contribution in [3.63, 3.8) is 0 Å². The number of allylic oxidation sites excluding steroid dienone is 2. The molecular formula is C19H20N4O4. The van der Waals surface area contributed by atoms with Crippen LogP contribution in [0.15, 0.2) is 59.1 Å². The van der Waals surface area contributed by atoms with Gasteiger partial charge in [-0.05, 0) is 26.0 Å². The molecule has 0 saturated carbocycles. The minimum atomic E-state index is -0.747. The number of carbonyl (C=O) groups excluding carboxylic acids is 2. The van der Waals surface area contributed by atoms with E-state index in [1.807, 2.05) is 30.3 Å². The van der Waals surface area contributed by atoms with Crippen LogP contribution in [0.25, 0.3) is 5.69 Å². The summed E-state index contributed by atoms with van der Waals surface area (Å²) in [7, 11) is 2.59. The molecule has 2 aromatic rings. The van der Waals surface area contributed by atoms with Crippen molar-refractivity contribution < 1.29 is 19.1 Å². The summed E-state index contributed by atoms with van der Waals surface area (Å²) in [5, 5.41) is 11.4. The number of aromatic nitrogens is 3. The molecule has 0 bridgehead atoms. The van der Waals surface area contributed by atoms with Gasteiger partial charge in [-0.3, -0.25) is 0 Å². The Morgan fingerprint density at radius 2 is 1.56 bits per heavy atom. The van der Waals surface area contributed by atoms with Gasteiger partial charge >= 0.3 is 11.9 Å². The van der Waals surface area contributed by atoms with Crippen LogP contribution in [0.2, 0.25) is 0 Å². The maximum Gasteiger partial charge on any atom is 0.336 e. The molecule has 1 aliphatic heterocycles. The molecule has 3 rings (SSSR count). The van der Waals surface area contributed by atoms with Crippen molar-refractivity contribution in [1.29, 1.82) is 0 Å². The van der Waals surface area contributed by atoms with Crippen LogP contribution in [0.5, 0.6) is 0 Å². The zero-order valence-electron chi connectivity index (χ0n) is 15.5. The molecule has 140 valence electrons. The van der Waals surface area contributed by atoms with E-state index in [2.05, 4.69) is 15.6 Å². The van der Waals surface area contributed by atoms with Gasteiger partial charge in [0.1, 0.15) is 0 Å². The number of ether oxygens (including phenoxy) is 2. The van der Waals surface area contributed by atoms with Crippen molar-refractivity contribution in [2.45, 2.75) is 19.8 Å². The molecule has 0 unspecified atom stereocenters. The molecule has 0 aliphatic carbocycles. The first-order valence-electron chi connectivity index (χ1n) is 8.30. The van der Waals surface area contributed by atoms with Crippen LogP contribution < -0.4 is 5.32 Å². The van der Waals surface area contributed by atoms with Crippen LogP contribution in [0.4, 0.5) is 0 Å². The predicted molar refractivity (Wildman–Crippen MR) is 96.7 cm³/mol. The summed E-state index contributed by atoms with van der Waals surface area (Å²) in [6.07, 6.45) is 1.69. The van der Waals surface area contributed by atoms with E-state index in [0.717, 1.165) is 5.69 Å². The number of methoxy groups -OCH3 is 2. The molecule has 8 nitrogen and oxygen atoms in total. The molecule has 2 heterocycles. The summed E-state index contributed by atoms with van der Waals surface area (Å²) >= 11 is 0. The first-order valence-corrected chi connectivity index (χ1v) is 8.30. The quantitative estimate of drug-likeness (QED) is 0.823. The Hall–Kier alpha value is -3.42. The zero-order valence-corrected chi connectivity index (χ0v) is 15.5. The molecule has 8 heteroatoms. The number of carbonyl (C=O) groups is 2. The third-order valence-corrected chi connectivity index (χ3v) is 4.40. The number of esters is 2. The van der Waals surface area contributed by atoms with Crippen LogP contribution in [0, 0.1) is 0 Å². The van der Waals surface area contributed by atoms with Gasteiger partial charge < -0.3 is 14.8 Å². The van der Waals surface area contributed by atoms with Crippen LogP contribution in [0.1, 0.15) is 25.5 Å². The zero-order chi connectivity index (χ0) is 19.6. The first kappa shape index (κ1) is 18.4. The average molecular weight is 368 g/mol. The first-order chi connectivity index (χ1) is 13.0. The largest absolute Gasteiger partial charge is 0.466 e. The second-order valence-electron chi connectivity index (χ2n) is 6.04.